The number of rotatable bonds is 2. The Morgan fingerprint density at radius 1 is 1.28 bits per heavy atom. The summed E-state index contributed by atoms with van der Waals surface area (Å²) in [7, 11) is 0. The molecule has 3 rings (SSSR count). The Hall–Kier alpha value is -0.830. The van der Waals surface area contributed by atoms with Crippen molar-refractivity contribution in [2.75, 3.05) is 6.54 Å². The Bertz CT molecular complexity index is 449. The van der Waals surface area contributed by atoms with Crippen molar-refractivity contribution < 1.29 is 0 Å². The average Bonchev–Trinajstić information content (AvgIpc) is 3.07. The lowest BCUT2D eigenvalue weighted by Crippen LogP contribution is -2.27. The molecule has 1 atom stereocenters. The lowest BCUT2D eigenvalue weighted by molar-refractivity contribution is 0.336. The van der Waals surface area contributed by atoms with Crippen molar-refractivity contribution >= 4 is 0 Å². The third-order valence-corrected chi connectivity index (χ3v) is 4.31. The van der Waals surface area contributed by atoms with Crippen molar-refractivity contribution in [1.29, 1.82) is 0 Å². The first-order valence-electron chi connectivity index (χ1n) is 7.34. The summed E-state index contributed by atoms with van der Waals surface area (Å²) < 4.78 is 2.29. The summed E-state index contributed by atoms with van der Waals surface area (Å²) in [5.41, 5.74) is 10.5. The molecule has 0 spiro atoms. The molecule has 1 fully saturated rings. The fourth-order valence-corrected chi connectivity index (χ4v) is 3.28. The molecule has 3 nitrogen and oxygen atoms in total. The molecule has 0 amide bonds. The second-order valence-corrected chi connectivity index (χ2v) is 6.93. The zero-order valence-electron chi connectivity index (χ0n) is 11.9. The molecule has 0 saturated heterocycles. The van der Waals surface area contributed by atoms with Gasteiger partial charge < -0.3 is 5.73 Å². The maximum atomic E-state index is 5.99. The van der Waals surface area contributed by atoms with E-state index in [1.54, 1.807) is 0 Å². The van der Waals surface area contributed by atoms with Gasteiger partial charge in [-0.3, -0.25) is 4.68 Å². The van der Waals surface area contributed by atoms with Crippen LogP contribution in [0, 0.1) is 0 Å². The van der Waals surface area contributed by atoms with E-state index in [4.69, 9.17) is 10.8 Å². The number of aromatic nitrogens is 2. The van der Waals surface area contributed by atoms with E-state index in [1.807, 2.05) is 0 Å². The van der Waals surface area contributed by atoms with Crippen LogP contribution in [0.25, 0.3) is 0 Å². The predicted octanol–water partition coefficient (Wildman–Crippen LogP) is 2.89. The van der Waals surface area contributed by atoms with Crippen LogP contribution in [0.1, 0.15) is 75.2 Å². The number of hydrogen-bond acceptors (Lipinski definition) is 2. The Morgan fingerprint density at radius 2 is 2.00 bits per heavy atom. The third kappa shape index (κ3) is 1.89. The minimum absolute atomic E-state index is 0.0910. The fraction of sp³-hybridized carbons (Fsp3) is 0.800. The van der Waals surface area contributed by atoms with E-state index in [1.165, 1.54) is 49.1 Å². The first-order chi connectivity index (χ1) is 8.52. The molecular formula is C15H25N3. The van der Waals surface area contributed by atoms with Crippen molar-refractivity contribution in [2.24, 2.45) is 5.73 Å². The molecule has 1 aromatic heterocycles. The van der Waals surface area contributed by atoms with E-state index in [-0.39, 0.29) is 5.54 Å². The molecule has 0 aliphatic heterocycles. The van der Waals surface area contributed by atoms with Gasteiger partial charge in [0.2, 0.25) is 0 Å². The Morgan fingerprint density at radius 3 is 2.56 bits per heavy atom. The third-order valence-electron chi connectivity index (χ3n) is 4.31. The highest BCUT2D eigenvalue weighted by atomic mass is 15.3. The molecule has 1 heterocycles. The summed E-state index contributed by atoms with van der Waals surface area (Å²) >= 11 is 0. The van der Waals surface area contributed by atoms with Crippen LogP contribution < -0.4 is 5.73 Å². The molecule has 2 aliphatic rings. The van der Waals surface area contributed by atoms with Gasteiger partial charge in [-0.15, -0.1) is 0 Å². The molecule has 0 aromatic carbocycles. The Kier molecular flexibility index (Phi) is 2.77. The van der Waals surface area contributed by atoms with Crippen LogP contribution in [0.15, 0.2) is 0 Å². The molecule has 1 unspecified atom stereocenters. The summed E-state index contributed by atoms with van der Waals surface area (Å²) in [4.78, 5) is 0. The second kappa shape index (κ2) is 4.09. The average molecular weight is 247 g/mol. The Balaban J connectivity index is 2.13. The predicted molar refractivity (Wildman–Crippen MR) is 73.9 cm³/mol. The van der Waals surface area contributed by atoms with Gasteiger partial charge in [0.05, 0.1) is 11.2 Å². The van der Waals surface area contributed by atoms with Crippen molar-refractivity contribution in [3.63, 3.8) is 0 Å². The van der Waals surface area contributed by atoms with E-state index in [2.05, 4.69) is 25.5 Å². The van der Waals surface area contributed by atoms with Gasteiger partial charge >= 0.3 is 0 Å². The SMILES string of the molecule is CC(C)(C)n1nc(C2CC2)c2c1CCCC2CN. The van der Waals surface area contributed by atoms with Gasteiger partial charge in [-0.25, -0.2) is 0 Å². The van der Waals surface area contributed by atoms with Crippen LogP contribution in [0.2, 0.25) is 0 Å². The van der Waals surface area contributed by atoms with Crippen molar-refractivity contribution in [3.05, 3.63) is 17.0 Å². The number of nitrogens with two attached hydrogens (primary N) is 1. The summed E-state index contributed by atoms with van der Waals surface area (Å²) in [6, 6.07) is 0. The molecule has 100 valence electrons. The van der Waals surface area contributed by atoms with E-state index >= 15 is 0 Å². The van der Waals surface area contributed by atoms with Gasteiger partial charge in [0, 0.05) is 17.2 Å². The van der Waals surface area contributed by atoms with E-state index < -0.39 is 0 Å². The molecule has 1 saturated carbocycles. The van der Waals surface area contributed by atoms with Crippen LogP contribution in [-0.2, 0) is 12.0 Å². The first kappa shape index (κ1) is 12.2. The molecule has 18 heavy (non-hydrogen) atoms. The molecule has 0 bridgehead atoms. The van der Waals surface area contributed by atoms with E-state index in [0.29, 0.717) is 5.92 Å². The van der Waals surface area contributed by atoms with Gasteiger partial charge in [0.1, 0.15) is 0 Å². The largest absolute Gasteiger partial charge is 0.330 e. The van der Waals surface area contributed by atoms with E-state index in [0.717, 1.165) is 12.5 Å². The molecule has 2 aliphatic carbocycles. The number of hydrogen-bond donors (Lipinski definition) is 1. The fourth-order valence-electron chi connectivity index (χ4n) is 3.28. The standard InChI is InChI=1S/C15H25N3/c1-15(2,3)18-12-6-4-5-11(9-16)13(12)14(17-18)10-7-8-10/h10-11H,4-9,16H2,1-3H3. The van der Waals surface area contributed by atoms with Crippen molar-refractivity contribution in [3.8, 4) is 0 Å². The summed E-state index contributed by atoms with van der Waals surface area (Å²) in [5.74, 6) is 1.29. The number of fused-ring (bicyclic) bond motifs is 1. The Labute approximate surface area is 110 Å². The summed E-state index contributed by atoms with van der Waals surface area (Å²) in [5, 5.41) is 4.98. The molecule has 2 N–H and O–H groups in total. The van der Waals surface area contributed by atoms with Crippen LogP contribution in [0.3, 0.4) is 0 Å². The van der Waals surface area contributed by atoms with Crippen LogP contribution in [0.5, 0.6) is 0 Å². The highest BCUT2D eigenvalue weighted by Gasteiger charge is 2.37. The summed E-state index contributed by atoms with van der Waals surface area (Å²) in [6.45, 7) is 7.54. The second-order valence-electron chi connectivity index (χ2n) is 6.93. The van der Waals surface area contributed by atoms with Gasteiger partial charge in [-0.1, -0.05) is 0 Å². The van der Waals surface area contributed by atoms with Crippen LogP contribution in [0.4, 0.5) is 0 Å². The zero-order valence-corrected chi connectivity index (χ0v) is 11.9. The van der Waals surface area contributed by atoms with Crippen LogP contribution in [-0.4, -0.2) is 16.3 Å². The lowest BCUT2D eigenvalue weighted by atomic mass is 9.84. The maximum absolute atomic E-state index is 5.99. The monoisotopic (exact) mass is 247 g/mol. The van der Waals surface area contributed by atoms with Gasteiger partial charge in [-0.05, 0) is 65.3 Å². The zero-order chi connectivity index (χ0) is 12.9. The van der Waals surface area contributed by atoms with Gasteiger partial charge in [0.15, 0.2) is 0 Å². The quantitative estimate of drug-likeness (QED) is 0.873. The van der Waals surface area contributed by atoms with Crippen LogP contribution >= 0.6 is 0 Å². The maximum Gasteiger partial charge on any atom is 0.0693 e. The topological polar surface area (TPSA) is 43.8 Å². The molecule has 3 heteroatoms. The highest BCUT2D eigenvalue weighted by Crippen LogP contribution is 2.46. The van der Waals surface area contributed by atoms with Crippen molar-refractivity contribution in [2.45, 2.75) is 70.3 Å². The smallest absolute Gasteiger partial charge is 0.0693 e. The minimum atomic E-state index is 0.0910. The molecular weight excluding hydrogens is 222 g/mol. The lowest BCUT2D eigenvalue weighted by Gasteiger charge is -2.27. The van der Waals surface area contributed by atoms with E-state index in [9.17, 15) is 0 Å². The highest BCUT2D eigenvalue weighted by molar-refractivity contribution is 5.37. The normalized spacial score (nSPS) is 24.1. The van der Waals surface area contributed by atoms with Gasteiger partial charge in [0.25, 0.3) is 0 Å². The molecule has 1 aromatic rings. The molecule has 0 radical (unpaired) electrons. The summed E-state index contributed by atoms with van der Waals surface area (Å²) in [6.07, 6.45) is 6.35. The first-order valence-corrected chi connectivity index (χ1v) is 7.34. The minimum Gasteiger partial charge on any atom is -0.330 e. The number of nitrogens with zero attached hydrogens (tertiary/aromatic N) is 2. The van der Waals surface area contributed by atoms with Crippen molar-refractivity contribution in [1.82, 2.24) is 9.78 Å². The van der Waals surface area contributed by atoms with Gasteiger partial charge in [-0.2, -0.15) is 5.10 Å².